The Morgan fingerprint density at radius 1 is 1.17 bits per heavy atom. The van der Waals surface area contributed by atoms with Crippen molar-refractivity contribution in [2.24, 2.45) is 0 Å². The van der Waals surface area contributed by atoms with Crippen LogP contribution in [-0.4, -0.2) is 35.3 Å². The molecule has 2 bridgehead atoms. The van der Waals surface area contributed by atoms with Crippen LogP contribution in [0.3, 0.4) is 0 Å². The van der Waals surface area contributed by atoms with Gasteiger partial charge in [-0.1, -0.05) is 30.3 Å². The zero-order chi connectivity index (χ0) is 20.4. The third-order valence-corrected chi connectivity index (χ3v) is 6.09. The molecule has 2 heterocycles. The number of carbonyl (C=O) groups excluding carboxylic acids is 1. The van der Waals surface area contributed by atoms with E-state index >= 15 is 0 Å². The van der Waals surface area contributed by atoms with Gasteiger partial charge in [-0.05, 0) is 37.0 Å². The summed E-state index contributed by atoms with van der Waals surface area (Å²) in [6.07, 6.45) is 3.05. The summed E-state index contributed by atoms with van der Waals surface area (Å²) in [6, 6.07) is 13.6. The molecule has 29 heavy (non-hydrogen) atoms. The molecule has 2 atom stereocenters. The zero-order valence-corrected chi connectivity index (χ0v) is 16.5. The number of piperidine rings is 2. The van der Waals surface area contributed by atoms with Crippen molar-refractivity contribution < 1.29 is 23.8 Å². The molecule has 4 rings (SSSR count). The number of nitrogens with zero attached hydrogens (tertiary/aromatic N) is 1. The first-order chi connectivity index (χ1) is 14.0. The van der Waals surface area contributed by atoms with Crippen LogP contribution in [0.1, 0.15) is 43.2 Å². The number of benzene rings is 2. The van der Waals surface area contributed by atoms with Crippen molar-refractivity contribution >= 4 is 6.09 Å². The van der Waals surface area contributed by atoms with E-state index in [9.17, 15) is 14.3 Å². The number of amides is 1. The van der Waals surface area contributed by atoms with E-state index in [-0.39, 0.29) is 24.8 Å². The summed E-state index contributed by atoms with van der Waals surface area (Å²) in [5, 5.41) is 11.5. The molecule has 0 radical (unpaired) electrons. The smallest absolute Gasteiger partial charge is 0.410 e. The topological polar surface area (TPSA) is 59.0 Å². The van der Waals surface area contributed by atoms with Crippen LogP contribution >= 0.6 is 0 Å². The highest BCUT2D eigenvalue weighted by Gasteiger charge is 2.49. The van der Waals surface area contributed by atoms with Gasteiger partial charge in [-0.2, -0.15) is 0 Å². The maximum atomic E-state index is 13.6. The molecule has 2 aromatic carbocycles. The van der Waals surface area contributed by atoms with Crippen molar-refractivity contribution in [2.75, 3.05) is 7.11 Å². The summed E-state index contributed by atoms with van der Waals surface area (Å²) >= 11 is 0. The number of carbonyl (C=O) groups is 1. The summed E-state index contributed by atoms with van der Waals surface area (Å²) < 4.78 is 24.5. The van der Waals surface area contributed by atoms with Crippen LogP contribution in [0.15, 0.2) is 48.5 Å². The summed E-state index contributed by atoms with van der Waals surface area (Å²) in [7, 11) is 1.47. The van der Waals surface area contributed by atoms with Gasteiger partial charge in [0.1, 0.15) is 18.2 Å². The van der Waals surface area contributed by atoms with Crippen LogP contribution in [0.4, 0.5) is 9.18 Å². The quantitative estimate of drug-likeness (QED) is 0.829. The minimum atomic E-state index is -1.16. The zero-order valence-electron chi connectivity index (χ0n) is 16.5. The van der Waals surface area contributed by atoms with Gasteiger partial charge in [-0.3, -0.25) is 0 Å². The van der Waals surface area contributed by atoms with Gasteiger partial charge in [0.05, 0.1) is 12.7 Å². The van der Waals surface area contributed by atoms with Gasteiger partial charge in [0.15, 0.2) is 0 Å². The molecule has 2 aliphatic rings. The van der Waals surface area contributed by atoms with Crippen molar-refractivity contribution in [3.05, 3.63) is 65.5 Å². The number of ether oxygens (including phenoxy) is 2. The van der Waals surface area contributed by atoms with E-state index in [2.05, 4.69) is 0 Å². The number of hydrogen-bond acceptors (Lipinski definition) is 4. The van der Waals surface area contributed by atoms with Gasteiger partial charge < -0.3 is 19.5 Å². The Bertz CT molecular complexity index is 858. The second-order valence-electron chi connectivity index (χ2n) is 7.97. The number of hydrogen-bond donors (Lipinski definition) is 1. The minimum Gasteiger partial charge on any atom is -0.496 e. The monoisotopic (exact) mass is 399 g/mol. The second-order valence-corrected chi connectivity index (χ2v) is 7.97. The van der Waals surface area contributed by atoms with Gasteiger partial charge in [-0.25, -0.2) is 9.18 Å². The van der Waals surface area contributed by atoms with Crippen LogP contribution in [0.2, 0.25) is 0 Å². The molecule has 0 saturated carbocycles. The Balaban J connectivity index is 1.52. The number of rotatable bonds is 4. The first-order valence-electron chi connectivity index (χ1n) is 10.1. The van der Waals surface area contributed by atoms with E-state index in [4.69, 9.17) is 9.47 Å². The fourth-order valence-electron chi connectivity index (χ4n) is 4.79. The predicted octanol–water partition coefficient (Wildman–Crippen LogP) is 4.38. The van der Waals surface area contributed by atoms with Crippen molar-refractivity contribution in [1.29, 1.82) is 0 Å². The first kappa shape index (κ1) is 19.7. The summed E-state index contributed by atoms with van der Waals surface area (Å²) in [5.74, 6) is -0.0676. The molecular formula is C23H26FNO4. The first-order valence-corrected chi connectivity index (χ1v) is 10.1. The molecule has 5 nitrogen and oxygen atoms in total. The molecule has 1 amide bonds. The van der Waals surface area contributed by atoms with E-state index in [1.54, 1.807) is 11.0 Å². The standard InChI is InChI=1S/C23H26FNO4/c1-28-21-12-17(24)10-11-20(21)23(27)13-18-8-5-9-19(14-23)25(18)22(26)29-15-16-6-3-2-4-7-16/h2-4,6-7,10-12,18-19,27H,5,8-9,13-15H2,1H3. The molecule has 2 saturated heterocycles. The Morgan fingerprint density at radius 2 is 1.86 bits per heavy atom. The predicted molar refractivity (Wildman–Crippen MR) is 106 cm³/mol. The minimum absolute atomic E-state index is 0.120. The maximum absolute atomic E-state index is 13.6. The highest BCUT2D eigenvalue weighted by atomic mass is 19.1. The second kappa shape index (κ2) is 8.03. The Kier molecular flexibility index (Phi) is 5.46. The molecule has 0 aromatic heterocycles. The Morgan fingerprint density at radius 3 is 2.52 bits per heavy atom. The fourth-order valence-corrected chi connectivity index (χ4v) is 4.79. The molecule has 2 fully saturated rings. The SMILES string of the molecule is COc1cc(F)ccc1C1(O)CC2CCCC(C1)N2C(=O)OCc1ccccc1. The number of fused-ring (bicyclic) bond motifs is 2. The van der Waals surface area contributed by atoms with E-state index in [0.717, 1.165) is 24.8 Å². The Labute approximate surface area is 170 Å². The summed E-state index contributed by atoms with van der Waals surface area (Å²) in [5.41, 5.74) is 0.358. The largest absolute Gasteiger partial charge is 0.496 e. The maximum Gasteiger partial charge on any atom is 0.410 e. The lowest BCUT2D eigenvalue weighted by Gasteiger charge is -2.51. The normalized spacial score (nSPS) is 26.1. The number of methoxy groups -OCH3 is 1. The van der Waals surface area contributed by atoms with Crippen molar-refractivity contribution in [1.82, 2.24) is 4.90 Å². The van der Waals surface area contributed by atoms with Gasteiger partial charge in [0, 0.05) is 36.6 Å². The van der Waals surface area contributed by atoms with Gasteiger partial charge in [0.25, 0.3) is 0 Å². The molecular weight excluding hydrogens is 373 g/mol. The molecule has 2 unspecified atom stereocenters. The molecule has 2 aromatic rings. The molecule has 6 heteroatoms. The molecule has 154 valence electrons. The van der Waals surface area contributed by atoms with Crippen molar-refractivity contribution in [3.63, 3.8) is 0 Å². The highest BCUT2D eigenvalue weighted by molar-refractivity contribution is 5.69. The summed E-state index contributed by atoms with van der Waals surface area (Å²) in [6.45, 7) is 0.228. The Hall–Kier alpha value is -2.60. The van der Waals surface area contributed by atoms with Crippen LogP contribution in [-0.2, 0) is 16.9 Å². The third-order valence-electron chi connectivity index (χ3n) is 6.09. The van der Waals surface area contributed by atoms with Crippen LogP contribution in [0.25, 0.3) is 0 Å². The van der Waals surface area contributed by atoms with E-state index in [1.165, 1.54) is 19.2 Å². The van der Waals surface area contributed by atoms with Gasteiger partial charge >= 0.3 is 6.09 Å². The molecule has 2 aliphatic heterocycles. The van der Waals surface area contributed by atoms with E-state index in [1.807, 2.05) is 30.3 Å². The van der Waals surface area contributed by atoms with E-state index < -0.39 is 11.4 Å². The van der Waals surface area contributed by atoms with Crippen molar-refractivity contribution in [2.45, 2.75) is 56.4 Å². The van der Waals surface area contributed by atoms with Crippen LogP contribution in [0.5, 0.6) is 5.75 Å². The lowest BCUT2D eigenvalue weighted by molar-refractivity contribution is -0.0904. The van der Waals surface area contributed by atoms with Crippen LogP contribution < -0.4 is 4.74 Å². The molecule has 0 spiro atoms. The lowest BCUT2D eigenvalue weighted by atomic mass is 9.72. The lowest BCUT2D eigenvalue weighted by Crippen LogP contribution is -2.59. The molecule has 0 aliphatic carbocycles. The number of halogens is 1. The highest BCUT2D eigenvalue weighted by Crippen LogP contribution is 2.47. The van der Waals surface area contributed by atoms with Gasteiger partial charge in [-0.15, -0.1) is 0 Å². The van der Waals surface area contributed by atoms with Gasteiger partial charge in [0.2, 0.25) is 0 Å². The van der Waals surface area contributed by atoms with Crippen LogP contribution in [0, 0.1) is 5.82 Å². The number of aliphatic hydroxyl groups is 1. The summed E-state index contributed by atoms with van der Waals surface area (Å²) in [4.78, 5) is 14.7. The molecule has 1 N–H and O–H groups in total. The third kappa shape index (κ3) is 3.94. The fraction of sp³-hybridized carbons (Fsp3) is 0.435. The average molecular weight is 399 g/mol. The van der Waals surface area contributed by atoms with Crippen molar-refractivity contribution in [3.8, 4) is 5.75 Å². The average Bonchev–Trinajstić information content (AvgIpc) is 2.72. The van der Waals surface area contributed by atoms with E-state index in [0.29, 0.717) is 24.2 Å².